The molecule has 1 aromatic carbocycles. The highest BCUT2D eigenvalue weighted by Crippen LogP contribution is 2.24. The fraction of sp³-hybridized carbons (Fsp3) is 0.533. The molecule has 0 heterocycles. The Morgan fingerprint density at radius 3 is 2.53 bits per heavy atom. The molecule has 4 heteroatoms. The van der Waals surface area contributed by atoms with Crippen LogP contribution in [0, 0.1) is 6.92 Å². The third-order valence-electron chi connectivity index (χ3n) is 3.39. The van der Waals surface area contributed by atoms with Gasteiger partial charge in [-0.25, -0.2) is 0 Å². The van der Waals surface area contributed by atoms with Crippen molar-refractivity contribution in [3.05, 3.63) is 33.8 Å². The summed E-state index contributed by atoms with van der Waals surface area (Å²) in [5.74, 6) is 0.524. The number of carbonyl (C=O) groups is 1. The summed E-state index contributed by atoms with van der Waals surface area (Å²) in [6.45, 7) is 6.79. The molecule has 0 N–H and O–H groups in total. The van der Waals surface area contributed by atoms with Gasteiger partial charge in [0.05, 0.1) is 5.56 Å². The van der Waals surface area contributed by atoms with Crippen molar-refractivity contribution in [1.29, 1.82) is 0 Å². The Morgan fingerprint density at radius 1 is 1.37 bits per heavy atom. The zero-order valence-corrected chi connectivity index (χ0v) is 14.1. The van der Waals surface area contributed by atoms with Crippen LogP contribution in [0.5, 0.6) is 0 Å². The molecule has 1 aromatic rings. The summed E-state index contributed by atoms with van der Waals surface area (Å²) in [6, 6.07) is 6.02. The van der Waals surface area contributed by atoms with E-state index in [-0.39, 0.29) is 11.9 Å². The van der Waals surface area contributed by atoms with Crippen LogP contribution in [0.15, 0.2) is 22.7 Å². The van der Waals surface area contributed by atoms with Crippen LogP contribution in [-0.2, 0) is 0 Å². The second-order valence-corrected chi connectivity index (χ2v) is 5.77. The van der Waals surface area contributed by atoms with Gasteiger partial charge in [0.1, 0.15) is 0 Å². The number of benzene rings is 1. The van der Waals surface area contributed by atoms with Gasteiger partial charge >= 0.3 is 0 Å². The lowest BCUT2D eigenvalue weighted by Crippen LogP contribution is -2.41. The lowest BCUT2D eigenvalue weighted by molar-refractivity contribution is 0.0680. The molecule has 0 bridgehead atoms. The molecule has 0 atom stereocenters. The van der Waals surface area contributed by atoms with Crippen LogP contribution in [0.4, 0.5) is 0 Å². The molecule has 1 amide bonds. The summed E-state index contributed by atoms with van der Waals surface area (Å²) >= 11 is 9.36. The van der Waals surface area contributed by atoms with Gasteiger partial charge in [-0.1, -0.05) is 26.0 Å². The summed E-state index contributed by atoms with van der Waals surface area (Å²) in [5.41, 5.74) is 1.79. The van der Waals surface area contributed by atoms with Crippen LogP contribution in [0.2, 0.25) is 0 Å². The molecule has 0 spiro atoms. The predicted molar refractivity (Wildman–Crippen MR) is 85.0 cm³/mol. The number of alkyl halides is 1. The SMILES string of the molecule is CCC(CC)N(CCCl)C(=O)c1cccc(C)c1Br. The maximum atomic E-state index is 12.7. The first-order valence-corrected chi connectivity index (χ1v) is 8.01. The van der Waals surface area contributed by atoms with Gasteiger partial charge in [0, 0.05) is 22.9 Å². The normalized spacial score (nSPS) is 10.8. The molecule has 0 aliphatic heterocycles. The second kappa shape index (κ2) is 7.91. The van der Waals surface area contributed by atoms with Crippen molar-refractivity contribution in [2.24, 2.45) is 0 Å². The number of amides is 1. The van der Waals surface area contributed by atoms with Gasteiger partial charge < -0.3 is 4.90 Å². The van der Waals surface area contributed by atoms with Gasteiger partial charge in [0.25, 0.3) is 5.91 Å². The summed E-state index contributed by atoms with van der Waals surface area (Å²) in [7, 11) is 0. The maximum absolute atomic E-state index is 12.7. The highest BCUT2D eigenvalue weighted by atomic mass is 79.9. The summed E-state index contributed by atoms with van der Waals surface area (Å²) in [4.78, 5) is 14.6. The minimum Gasteiger partial charge on any atom is -0.334 e. The minimum atomic E-state index is 0.0601. The number of nitrogens with zero attached hydrogens (tertiary/aromatic N) is 1. The molecule has 1 rings (SSSR count). The van der Waals surface area contributed by atoms with Crippen LogP contribution >= 0.6 is 27.5 Å². The Kier molecular flexibility index (Phi) is 6.87. The van der Waals surface area contributed by atoms with E-state index in [1.165, 1.54) is 0 Å². The smallest absolute Gasteiger partial charge is 0.255 e. The highest BCUT2D eigenvalue weighted by molar-refractivity contribution is 9.10. The first-order valence-electron chi connectivity index (χ1n) is 6.68. The molecule has 0 radical (unpaired) electrons. The third-order valence-corrected chi connectivity index (χ3v) is 4.61. The van der Waals surface area contributed by atoms with Crippen molar-refractivity contribution < 1.29 is 4.79 Å². The average molecular weight is 347 g/mol. The molecule has 0 saturated heterocycles. The molecule has 106 valence electrons. The van der Waals surface area contributed by atoms with Gasteiger partial charge in [-0.15, -0.1) is 11.6 Å². The first kappa shape index (κ1) is 16.5. The Morgan fingerprint density at radius 2 is 2.00 bits per heavy atom. The van der Waals surface area contributed by atoms with Crippen molar-refractivity contribution in [1.82, 2.24) is 4.90 Å². The van der Waals surface area contributed by atoms with Crippen molar-refractivity contribution in [3.8, 4) is 0 Å². The Labute approximate surface area is 129 Å². The number of hydrogen-bond donors (Lipinski definition) is 0. The van der Waals surface area contributed by atoms with Gasteiger partial charge in [-0.2, -0.15) is 0 Å². The summed E-state index contributed by atoms with van der Waals surface area (Å²) < 4.78 is 0.880. The quantitative estimate of drug-likeness (QED) is 0.688. The van der Waals surface area contributed by atoms with Crippen molar-refractivity contribution in [2.45, 2.75) is 39.7 Å². The molecular weight excluding hydrogens is 326 g/mol. The van der Waals surface area contributed by atoms with Crippen LogP contribution in [0.1, 0.15) is 42.6 Å². The van der Waals surface area contributed by atoms with Crippen LogP contribution in [0.25, 0.3) is 0 Å². The Balaban J connectivity index is 3.08. The van der Waals surface area contributed by atoms with E-state index < -0.39 is 0 Å². The number of aryl methyl sites for hydroxylation is 1. The first-order chi connectivity index (χ1) is 9.06. The van der Waals surface area contributed by atoms with E-state index in [0.717, 1.165) is 28.4 Å². The van der Waals surface area contributed by atoms with Gasteiger partial charge in [0.2, 0.25) is 0 Å². The number of halogens is 2. The van der Waals surface area contributed by atoms with E-state index in [1.54, 1.807) is 0 Å². The van der Waals surface area contributed by atoms with E-state index in [0.29, 0.717) is 12.4 Å². The maximum Gasteiger partial charge on any atom is 0.255 e. The second-order valence-electron chi connectivity index (χ2n) is 4.59. The zero-order valence-electron chi connectivity index (χ0n) is 11.7. The molecule has 0 unspecified atom stereocenters. The Hall–Kier alpha value is -0.540. The lowest BCUT2D eigenvalue weighted by atomic mass is 10.1. The molecule has 0 saturated carbocycles. The van der Waals surface area contributed by atoms with E-state index >= 15 is 0 Å². The fourth-order valence-corrected chi connectivity index (χ4v) is 2.85. The largest absolute Gasteiger partial charge is 0.334 e. The summed E-state index contributed by atoms with van der Waals surface area (Å²) in [6.07, 6.45) is 1.89. The van der Waals surface area contributed by atoms with E-state index in [1.807, 2.05) is 30.0 Å². The topological polar surface area (TPSA) is 20.3 Å². The number of carbonyl (C=O) groups excluding carboxylic acids is 1. The van der Waals surface area contributed by atoms with Crippen molar-refractivity contribution >= 4 is 33.4 Å². The fourth-order valence-electron chi connectivity index (χ4n) is 2.24. The average Bonchev–Trinajstić information content (AvgIpc) is 2.41. The van der Waals surface area contributed by atoms with Gasteiger partial charge in [0.15, 0.2) is 0 Å². The monoisotopic (exact) mass is 345 g/mol. The molecular formula is C15H21BrClNO. The standard InChI is InChI=1S/C15H21BrClNO/c1-4-12(5-2)18(10-9-17)15(19)13-8-6-7-11(3)14(13)16/h6-8,12H,4-5,9-10H2,1-3H3. The summed E-state index contributed by atoms with van der Waals surface area (Å²) in [5, 5.41) is 0. The number of hydrogen-bond acceptors (Lipinski definition) is 1. The van der Waals surface area contributed by atoms with Crippen LogP contribution < -0.4 is 0 Å². The van der Waals surface area contributed by atoms with Gasteiger partial charge in [-0.3, -0.25) is 4.79 Å². The van der Waals surface area contributed by atoms with Crippen LogP contribution in [0.3, 0.4) is 0 Å². The van der Waals surface area contributed by atoms with Gasteiger partial charge in [-0.05, 0) is 47.3 Å². The van der Waals surface area contributed by atoms with Crippen molar-refractivity contribution in [2.75, 3.05) is 12.4 Å². The highest BCUT2D eigenvalue weighted by Gasteiger charge is 2.23. The van der Waals surface area contributed by atoms with Crippen LogP contribution in [-0.4, -0.2) is 29.3 Å². The van der Waals surface area contributed by atoms with E-state index in [4.69, 9.17) is 11.6 Å². The molecule has 0 aliphatic rings. The zero-order chi connectivity index (χ0) is 14.4. The van der Waals surface area contributed by atoms with E-state index in [9.17, 15) is 4.79 Å². The minimum absolute atomic E-state index is 0.0601. The molecule has 0 aromatic heterocycles. The molecule has 0 fully saturated rings. The Bertz CT molecular complexity index is 432. The third kappa shape index (κ3) is 3.96. The number of rotatable bonds is 6. The molecule has 19 heavy (non-hydrogen) atoms. The van der Waals surface area contributed by atoms with E-state index in [2.05, 4.69) is 29.8 Å². The molecule has 2 nitrogen and oxygen atoms in total. The lowest BCUT2D eigenvalue weighted by Gasteiger charge is -2.30. The predicted octanol–water partition coefficient (Wildman–Crippen LogP) is 4.63. The van der Waals surface area contributed by atoms with Crippen molar-refractivity contribution in [3.63, 3.8) is 0 Å². The molecule has 0 aliphatic carbocycles.